The highest BCUT2D eigenvalue weighted by atomic mass is 35.5. The maximum Gasteiger partial charge on any atom is 0.151 e. The molecule has 4 heteroatoms. The topological polar surface area (TPSA) is 22.0 Å². The summed E-state index contributed by atoms with van der Waals surface area (Å²) < 4.78 is 1.76. The minimum Gasteiger partial charge on any atom is -0.322 e. The molecule has 1 aromatic heterocycles. The Kier molecular flexibility index (Phi) is 2.80. The molecule has 1 heterocycles. The third-order valence-corrected chi connectivity index (χ3v) is 2.87. The zero-order valence-electron chi connectivity index (χ0n) is 7.65. The molecule has 0 aliphatic carbocycles. The van der Waals surface area contributed by atoms with E-state index in [0.29, 0.717) is 15.6 Å². The van der Waals surface area contributed by atoms with Gasteiger partial charge in [-0.25, -0.2) is 0 Å². The number of carbonyl (C=O) groups excluding carboxylic acids is 1. The van der Waals surface area contributed by atoms with Crippen LogP contribution in [0.15, 0.2) is 36.7 Å². The maximum atomic E-state index is 10.5. The van der Waals surface area contributed by atoms with Gasteiger partial charge in [0.25, 0.3) is 0 Å². The van der Waals surface area contributed by atoms with Crippen LogP contribution in [0.1, 0.15) is 10.4 Å². The summed E-state index contributed by atoms with van der Waals surface area (Å²) in [4.78, 5) is 10.5. The average Bonchev–Trinajstić information content (AvgIpc) is 2.70. The van der Waals surface area contributed by atoms with Crippen molar-refractivity contribution in [3.05, 3.63) is 52.3 Å². The number of rotatable bonds is 2. The van der Waals surface area contributed by atoms with Gasteiger partial charge >= 0.3 is 0 Å². The standard InChI is InChI=1S/C11H7Cl2NO/c12-9-2-1-3-10(11(9)13)14-5-4-8(6-14)7-15/h1-7H. The normalized spacial score (nSPS) is 10.3. The minimum atomic E-state index is 0.479. The second-order valence-electron chi connectivity index (χ2n) is 3.04. The van der Waals surface area contributed by atoms with E-state index in [1.807, 2.05) is 12.1 Å². The summed E-state index contributed by atoms with van der Waals surface area (Å²) in [6.45, 7) is 0. The summed E-state index contributed by atoms with van der Waals surface area (Å²) in [6, 6.07) is 7.08. The molecule has 0 N–H and O–H groups in total. The number of hydrogen-bond acceptors (Lipinski definition) is 1. The van der Waals surface area contributed by atoms with Gasteiger partial charge in [-0.1, -0.05) is 29.3 Å². The first-order chi connectivity index (χ1) is 7.22. The Balaban J connectivity index is 2.53. The molecule has 0 amide bonds. The fraction of sp³-hybridized carbons (Fsp3) is 0. The van der Waals surface area contributed by atoms with Gasteiger partial charge in [-0.3, -0.25) is 4.79 Å². The number of benzene rings is 1. The van der Waals surface area contributed by atoms with Crippen LogP contribution in [-0.4, -0.2) is 10.9 Å². The lowest BCUT2D eigenvalue weighted by Crippen LogP contribution is -1.91. The summed E-state index contributed by atoms with van der Waals surface area (Å²) in [5.41, 5.74) is 1.36. The van der Waals surface area contributed by atoms with E-state index in [9.17, 15) is 4.79 Å². The van der Waals surface area contributed by atoms with E-state index in [1.54, 1.807) is 29.1 Å². The predicted molar refractivity (Wildman–Crippen MR) is 61.2 cm³/mol. The van der Waals surface area contributed by atoms with Crippen LogP contribution >= 0.6 is 23.2 Å². The number of aldehydes is 1. The molecular formula is C11H7Cl2NO. The molecule has 0 aliphatic heterocycles. The van der Waals surface area contributed by atoms with Crippen molar-refractivity contribution in [1.29, 1.82) is 0 Å². The van der Waals surface area contributed by atoms with Gasteiger partial charge in [0, 0.05) is 18.0 Å². The van der Waals surface area contributed by atoms with Crippen molar-refractivity contribution in [3.63, 3.8) is 0 Å². The molecule has 0 unspecified atom stereocenters. The first-order valence-electron chi connectivity index (χ1n) is 4.30. The smallest absolute Gasteiger partial charge is 0.151 e. The molecule has 0 saturated heterocycles. The van der Waals surface area contributed by atoms with Crippen molar-refractivity contribution in [2.75, 3.05) is 0 Å². The summed E-state index contributed by atoms with van der Waals surface area (Å²) >= 11 is 11.9. The first-order valence-corrected chi connectivity index (χ1v) is 5.05. The van der Waals surface area contributed by atoms with E-state index in [0.717, 1.165) is 12.0 Å². The van der Waals surface area contributed by atoms with Crippen LogP contribution in [-0.2, 0) is 0 Å². The van der Waals surface area contributed by atoms with E-state index in [1.165, 1.54) is 0 Å². The monoisotopic (exact) mass is 239 g/mol. The summed E-state index contributed by atoms with van der Waals surface area (Å²) in [5, 5.41) is 0.975. The Morgan fingerprint density at radius 3 is 2.67 bits per heavy atom. The van der Waals surface area contributed by atoms with E-state index >= 15 is 0 Å². The van der Waals surface area contributed by atoms with Crippen molar-refractivity contribution in [2.45, 2.75) is 0 Å². The van der Waals surface area contributed by atoms with Gasteiger partial charge in [-0.2, -0.15) is 0 Å². The molecule has 2 nitrogen and oxygen atoms in total. The Hall–Kier alpha value is -1.25. The molecule has 2 rings (SSSR count). The zero-order valence-corrected chi connectivity index (χ0v) is 9.16. The molecule has 0 bridgehead atoms. The lowest BCUT2D eigenvalue weighted by molar-refractivity contribution is 0.112. The third kappa shape index (κ3) is 1.91. The molecule has 0 saturated carbocycles. The van der Waals surface area contributed by atoms with Gasteiger partial charge in [0.15, 0.2) is 6.29 Å². The largest absolute Gasteiger partial charge is 0.322 e. The highest BCUT2D eigenvalue weighted by Crippen LogP contribution is 2.28. The lowest BCUT2D eigenvalue weighted by Gasteiger charge is -2.06. The van der Waals surface area contributed by atoms with E-state index in [2.05, 4.69) is 0 Å². The average molecular weight is 240 g/mol. The Bertz CT molecular complexity index is 505. The van der Waals surface area contributed by atoms with Crippen LogP contribution in [0, 0.1) is 0 Å². The van der Waals surface area contributed by atoms with E-state index in [-0.39, 0.29) is 0 Å². The highest BCUT2D eigenvalue weighted by molar-refractivity contribution is 6.43. The molecule has 0 fully saturated rings. The summed E-state index contributed by atoms with van der Waals surface area (Å²) in [6.07, 6.45) is 4.25. The van der Waals surface area contributed by atoms with Crippen molar-refractivity contribution in [1.82, 2.24) is 4.57 Å². The number of nitrogens with zero attached hydrogens (tertiary/aromatic N) is 1. The molecule has 76 valence electrons. The number of halogens is 2. The molecule has 1 aromatic carbocycles. The molecule has 0 atom stereocenters. The maximum absolute atomic E-state index is 10.5. The van der Waals surface area contributed by atoms with Crippen LogP contribution in [0.4, 0.5) is 0 Å². The van der Waals surface area contributed by atoms with Crippen molar-refractivity contribution in [3.8, 4) is 5.69 Å². The van der Waals surface area contributed by atoms with Gasteiger partial charge < -0.3 is 4.57 Å². The van der Waals surface area contributed by atoms with Gasteiger partial charge in [-0.15, -0.1) is 0 Å². The fourth-order valence-corrected chi connectivity index (χ4v) is 1.72. The van der Waals surface area contributed by atoms with Crippen LogP contribution in [0.25, 0.3) is 5.69 Å². The summed E-state index contributed by atoms with van der Waals surface area (Å²) in [7, 11) is 0. The molecule has 15 heavy (non-hydrogen) atoms. The van der Waals surface area contributed by atoms with Crippen LogP contribution in [0.3, 0.4) is 0 Å². The van der Waals surface area contributed by atoms with Gasteiger partial charge in [0.2, 0.25) is 0 Å². The quantitative estimate of drug-likeness (QED) is 0.735. The van der Waals surface area contributed by atoms with E-state index < -0.39 is 0 Å². The van der Waals surface area contributed by atoms with Crippen LogP contribution < -0.4 is 0 Å². The number of aromatic nitrogens is 1. The second kappa shape index (κ2) is 4.09. The second-order valence-corrected chi connectivity index (χ2v) is 3.83. The zero-order chi connectivity index (χ0) is 10.8. The Morgan fingerprint density at radius 1 is 1.20 bits per heavy atom. The highest BCUT2D eigenvalue weighted by Gasteiger charge is 2.06. The number of carbonyl (C=O) groups is 1. The SMILES string of the molecule is O=Cc1ccn(-c2cccc(Cl)c2Cl)c1. The first kappa shape index (κ1) is 10.3. The Labute approximate surface area is 97.0 Å². The molecule has 0 spiro atoms. The van der Waals surface area contributed by atoms with Crippen molar-refractivity contribution >= 4 is 29.5 Å². The van der Waals surface area contributed by atoms with Crippen LogP contribution in [0.2, 0.25) is 10.0 Å². The van der Waals surface area contributed by atoms with Gasteiger partial charge in [0.1, 0.15) is 0 Å². The van der Waals surface area contributed by atoms with E-state index in [4.69, 9.17) is 23.2 Å². The molecule has 0 aliphatic rings. The van der Waals surface area contributed by atoms with Crippen molar-refractivity contribution < 1.29 is 4.79 Å². The molecule has 2 aromatic rings. The number of hydrogen-bond donors (Lipinski definition) is 0. The fourth-order valence-electron chi connectivity index (χ4n) is 1.32. The van der Waals surface area contributed by atoms with Gasteiger partial charge in [-0.05, 0) is 18.2 Å². The minimum absolute atomic E-state index is 0.479. The molecular weight excluding hydrogens is 233 g/mol. The predicted octanol–water partition coefficient (Wildman–Crippen LogP) is 3.60. The Morgan fingerprint density at radius 2 is 2.00 bits per heavy atom. The van der Waals surface area contributed by atoms with Gasteiger partial charge in [0.05, 0.1) is 15.7 Å². The third-order valence-electron chi connectivity index (χ3n) is 2.06. The lowest BCUT2D eigenvalue weighted by atomic mass is 10.3. The van der Waals surface area contributed by atoms with Crippen molar-refractivity contribution in [2.24, 2.45) is 0 Å². The summed E-state index contributed by atoms with van der Waals surface area (Å²) in [5.74, 6) is 0. The van der Waals surface area contributed by atoms with Crippen LogP contribution in [0.5, 0.6) is 0 Å². The molecule has 0 radical (unpaired) electrons.